The zero-order chi connectivity index (χ0) is 24.5. The Bertz CT molecular complexity index is 1380. The van der Waals surface area contributed by atoms with Crippen LogP contribution in [0, 0.1) is 5.82 Å². The van der Waals surface area contributed by atoms with Crippen molar-refractivity contribution in [1.29, 1.82) is 0 Å². The third-order valence-electron chi connectivity index (χ3n) is 6.70. The maximum absolute atomic E-state index is 13.8. The Labute approximate surface area is 207 Å². The predicted molar refractivity (Wildman–Crippen MR) is 135 cm³/mol. The Kier molecular flexibility index (Phi) is 6.08. The van der Waals surface area contributed by atoms with E-state index >= 15 is 0 Å². The second kappa shape index (κ2) is 9.67. The van der Waals surface area contributed by atoms with Gasteiger partial charge in [0.05, 0.1) is 24.6 Å². The molecule has 36 heavy (non-hydrogen) atoms. The largest absolute Gasteiger partial charge is 0.437 e. The fraction of sp³-hybridized carbons (Fsp3) is 0.296. The third kappa shape index (κ3) is 4.31. The van der Waals surface area contributed by atoms with E-state index in [0.29, 0.717) is 43.5 Å². The number of hydrogen-bond donors (Lipinski definition) is 2. The molecule has 2 aromatic carbocycles. The summed E-state index contributed by atoms with van der Waals surface area (Å²) < 4.78 is 25.6. The summed E-state index contributed by atoms with van der Waals surface area (Å²) in [4.78, 5) is 23.7. The summed E-state index contributed by atoms with van der Waals surface area (Å²) in [5.74, 6) is 1.04. The number of aromatic nitrogens is 2. The second-order valence-corrected chi connectivity index (χ2v) is 9.01. The summed E-state index contributed by atoms with van der Waals surface area (Å²) in [7, 11) is 0. The highest BCUT2D eigenvalue weighted by Gasteiger charge is 2.26. The Morgan fingerprint density at radius 2 is 1.78 bits per heavy atom. The van der Waals surface area contributed by atoms with Gasteiger partial charge >= 0.3 is 0 Å². The lowest BCUT2D eigenvalue weighted by Gasteiger charge is -2.28. The number of halogens is 1. The number of fused-ring (bicyclic) bond motifs is 1. The molecule has 2 aromatic heterocycles. The van der Waals surface area contributed by atoms with Crippen LogP contribution in [-0.2, 0) is 9.53 Å². The fourth-order valence-corrected chi connectivity index (χ4v) is 4.87. The minimum Gasteiger partial charge on any atom is -0.437 e. The van der Waals surface area contributed by atoms with E-state index in [1.807, 2.05) is 24.3 Å². The number of nitrogens with one attached hydrogen (secondary N) is 2. The Balaban J connectivity index is 1.42. The van der Waals surface area contributed by atoms with Gasteiger partial charge in [0.25, 0.3) is 0 Å². The lowest BCUT2D eigenvalue weighted by Crippen LogP contribution is -2.36. The van der Waals surface area contributed by atoms with Gasteiger partial charge in [-0.2, -0.15) is 0 Å². The predicted octanol–water partition coefficient (Wildman–Crippen LogP) is 4.22. The molecule has 0 unspecified atom stereocenters. The van der Waals surface area contributed by atoms with Crippen molar-refractivity contribution in [3.63, 3.8) is 0 Å². The molecule has 9 heteroatoms. The summed E-state index contributed by atoms with van der Waals surface area (Å²) in [6, 6.07) is 13.7. The lowest BCUT2D eigenvalue weighted by atomic mass is 9.99. The van der Waals surface area contributed by atoms with Gasteiger partial charge in [0.1, 0.15) is 23.7 Å². The molecule has 1 amide bonds. The summed E-state index contributed by atoms with van der Waals surface area (Å²) >= 11 is 0. The smallest absolute Gasteiger partial charge is 0.241 e. The van der Waals surface area contributed by atoms with Crippen LogP contribution in [0.1, 0.15) is 12.8 Å². The van der Waals surface area contributed by atoms with Gasteiger partial charge in [-0.25, -0.2) is 14.4 Å². The van der Waals surface area contributed by atoms with E-state index in [1.165, 1.54) is 18.5 Å². The van der Waals surface area contributed by atoms with Crippen molar-refractivity contribution in [2.75, 3.05) is 43.1 Å². The van der Waals surface area contributed by atoms with Crippen molar-refractivity contribution in [3.05, 3.63) is 60.7 Å². The molecular formula is C27H26FN5O3. The quantitative estimate of drug-likeness (QED) is 0.435. The monoisotopic (exact) mass is 487 g/mol. The molecule has 0 aliphatic carbocycles. The van der Waals surface area contributed by atoms with E-state index in [0.717, 1.165) is 47.3 Å². The molecule has 1 atom stereocenters. The first-order valence-corrected chi connectivity index (χ1v) is 12.2. The summed E-state index contributed by atoms with van der Waals surface area (Å²) in [6.07, 6.45) is 3.35. The van der Waals surface area contributed by atoms with Crippen molar-refractivity contribution in [1.82, 2.24) is 15.3 Å². The molecule has 0 bridgehead atoms. The van der Waals surface area contributed by atoms with Gasteiger partial charge in [0, 0.05) is 29.9 Å². The van der Waals surface area contributed by atoms with E-state index < -0.39 is 0 Å². The number of benzene rings is 2. The molecule has 0 spiro atoms. The van der Waals surface area contributed by atoms with Crippen molar-refractivity contribution in [2.45, 2.75) is 18.9 Å². The van der Waals surface area contributed by atoms with Crippen molar-refractivity contribution < 1.29 is 18.3 Å². The van der Waals surface area contributed by atoms with Crippen molar-refractivity contribution in [3.8, 4) is 22.5 Å². The number of nitrogens with zero attached hydrogens (tertiary/aromatic N) is 3. The second-order valence-electron chi connectivity index (χ2n) is 9.01. The maximum Gasteiger partial charge on any atom is 0.241 e. The number of carbonyl (C=O) groups excluding carboxylic acids is 1. The molecule has 2 fully saturated rings. The highest BCUT2D eigenvalue weighted by atomic mass is 19.1. The number of hydrogen-bond acceptors (Lipinski definition) is 7. The summed E-state index contributed by atoms with van der Waals surface area (Å²) in [5, 5.41) is 6.97. The first-order valence-electron chi connectivity index (χ1n) is 12.2. The minimum atomic E-state index is -0.311. The molecular weight excluding hydrogens is 461 g/mol. The Morgan fingerprint density at radius 1 is 1.03 bits per heavy atom. The van der Waals surface area contributed by atoms with Crippen LogP contribution in [0.2, 0.25) is 0 Å². The molecule has 0 radical (unpaired) electrons. The van der Waals surface area contributed by atoms with Crippen LogP contribution in [0.3, 0.4) is 0 Å². The van der Waals surface area contributed by atoms with Gasteiger partial charge in [0.15, 0.2) is 0 Å². The molecule has 184 valence electrons. The molecule has 4 heterocycles. The average molecular weight is 488 g/mol. The van der Waals surface area contributed by atoms with Gasteiger partial charge in [-0.05, 0) is 61.3 Å². The van der Waals surface area contributed by atoms with E-state index in [4.69, 9.17) is 9.15 Å². The zero-order valence-electron chi connectivity index (χ0n) is 19.7. The van der Waals surface area contributed by atoms with Crippen molar-refractivity contribution in [2.24, 2.45) is 0 Å². The van der Waals surface area contributed by atoms with E-state index in [1.54, 1.807) is 12.1 Å². The number of furan rings is 1. The molecule has 2 N–H and O–H groups in total. The van der Waals surface area contributed by atoms with Gasteiger partial charge < -0.3 is 24.7 Å². The number of anilines is 2. The first-order chi connectivity index (χ1) is 17.7. The van der Waals surface area contributed by atoms with Crippen LogP contribution in [0.4, 0.5) is 15.9 Å². The summed E-state index contributed by atoms with van der Waals surface area (Å²) in [5.41, 5.74) is 3.60. The topological polar surface area (TPSA) is 92.5 Å². The zero-order valence-corrected chi connectivity index (χ0v) is 19.7. The van der Waals surface area contributed by atoms with Crippen LogP contribution in [0.5, 0.6) is 0 Å². The number of ether oxygens (including phenoxy) is 1. The molecule has 4 aromatic rings. The fourth-order valence-electron chi connectivity index (χ4n) is 4.87. The number of carbonyl (C=O) groups is 1. The van der Waals surface area contributed by atoms with Gasteiger partial charge in [-0.1, -0.05) is 12.1 Å². The van der Waals surface area contributed by atoms with Gasteiger partial charge in [-0.3, -0.25) is 4.79 Å². The van der Waals surface area contributed by atoms with Crippen LogP contribution in [0.15, 0.2) is 59.3 Å². The van der Waals surface area contributed by atoms with E-state index in [-0.39, 0.29) is 17.8 Å². The van der Waals surface area contributed by atoms with Crippen molar-refractivity contribution >= 4 is 28.5 Å². The van der Waals surface area contributed by atoms with E-state index in [9.17, 15) is 9.18 Å². The first kappa shape index (κ1) is 22.6. The highest BCUT2D eigenvalue weighted by Crippen LogP contribution is 2.43. The Morgan fingerprint density at radius 3 is 2.50 bits per heavy atom. The number of amides is 1. The van der Waals surface area contributed by atoms with Crippen LogP contribution >= 0.6 is 0 Å². The molecule has 2 aliphatic rings. The third-order valence-corrected chi connectivity index (χ3v) is 6.70. The molecule has 8 nitrogen and oxygen atoms in total. The Hall–Kier alpha value is -3.82. The molecule has 0 saturated carbocycles. The SMILES string of the molecule is O=C(Nc1ccc(-c2oc3ncnc(N4CCOCC4)c3c2-c2ccc(F)cc2)cc1)[C@H]1CCCN1. The number of rotatable bonds is 5. The summed E-state index contributed by atoms with van der Waals surface area (Å²) in [6.45, 7) is 3.52. The van der Waals surface area contributed by atoms with Crippen LogP contribution < -0.4 is 15.5 Å². The maximum atomic E-state index is 13.8. The van der Waals surface area contributed by atoms with Crippen LogP contribution in [0.25, 0.3) is 33.6 Å². The molecule has 6 rings (SSSR count). The number of morpholine rings is 1. The standard InChI is InChI=1S/C27H26FN5O3/c28-19-7-3-17(4-8-19)22-23-25(33-12-14-35-15-13-33)30-16-31-27(23)36-24(22)18-5-9-20(10-6-18)32-26(34)21-2-1-11-29-21/h3-10,16,21,29H,1-2,11-15H2,(H,32,34)/t21-/m1/s1. The van der Waals surface area contributed by atoms with Crippen LogP contribution in [-0.4, -0.2) is 54.8 Å². The normalized spacial score (nSPS) is 18.0. The van der Waals surface area contributed by atoms with E-state index in [2.05, 4.69) is 25.5 Å². The van der Waals surface area contributed by atoms with Gasteiger partial charge in [-0.15, -0.1) is 0 Å². The highest BCUT2D eigenvalue weighted by molar-refractivity contribution is 6.06. The lowest BCUT2D eigenvalue weighted by molar-refractivity contribution is -0.117. The molecule has 2 aliphatic heterocycles. The molecule has 2 saturated heterocycles. The van der Waals surface area contributed by atoms with Gasteiger partial charge in [0.2, 0.25) is 11.6 Å². The minimum absolute atomic E-state index is 0.0265. The average Bonchev–Trinajstić information content (AvgIpc) is 3.59.